The number of fused-ring (bicyclic) bond motifs is 3. The van der Waals surface area contributed by atoms with Crippen LogP contribution in [0.1, 0.15) is 51.2 Å². The fraction of sp³-hybridized carbons (Fsp3) is 0.259. The number of nitrogens with zero attached hydrogens (tertiary/aromatic N) is 4. The van der Waals surface area contributed by atoms with Crippen molar-refractivity contribution < 1.29 is 4.79 Å². The maximum absolute atomic E-state index is 13.0. The molecular weight excluding hydrogens is 478 g/mol. The number of thiophene rings is 1. The van der Waals surface area contributed by atoms with Crippen LogP contribution in [-0.4, -0.2) is 32.9 Å². The van der Waals surface area contributed by atoms with E-state index in [0.29, 0.717) is 17.4 Å². The van der Waals surface area contributed by atoms with E-state index in [1.165, 1.54) is 16.0 Å². The van der Waals surface area contributed by atoms with Gasteiger partial charge < -0.3 is 5.32 Å². The summed E-state index contributed by atoms with van der Waals surface area (Å²) in [6.45, 7) is 6.74. The van der Waals surface area contributed by atoms with E-state index < -0.39 is 6.04 Å². The second kappa shape index (κ2) is 9.76. The Morgan fingerprint density at radius 3 is 2.54 bits per heavy atom. The Kier molecular flexibility index (Phi) is 6.54. The first kappa shape index (κ1) is 23.5. The van der Waals surface area contributed by atoms with Crippen LogP contribution >= 0.6 is 22.9 Å². The Morgan fingerprint density at radius 1 is 1.06 bits per heavy atom. The molecule has 8 heteroatoms. The first-order chi connectivity index (χ1) is 16.9. The number of carbonyl (C=O) groups excluding carboxylic acids is 1. The lowest BCUT2D eigenvalue weighted by Gasteiger charge is -2.13. The average molecular weight is 504 g/mol. The Morgan fingerprint density at radius 2 is 1.80 bits per heavy atom. The van der Waals surface area contributed by atoms with Crippen molar-refractivity contribution in [2.75, 3.05) is 6.54 Å². The van der Waals surface area contributed by atoms with Crippen LogP contribution in [0.25, 0.3) is 5.00 Å². The van der Waals surface area contributed by atoms with E-state index in [1.54, 1.807) is 11.3 Å². The van der Waals surface area contributed by atoms with Gasteiger partial charge in [0.05, 0.1) is 12.1 Å². The fourth-order valence-corrected chi connectivity index (χ4v) is 5.71. The summed E-state index contributed by atoms with van der Waals surface area (Å²) in [4.78, 5) is 19.4. The van der Waals surface area contributed by atoms with Crippen LogP contribution < -0.4 is 5.32 Å². The number of aliphatic imine (C=N–C) groups is 1. The molecule has 1 N–H and O–H groups in total. The number of carbonyl (C=O) groups is 1. The monoisotopic (exact) mass is 503 g/mol. The zero-order valence-corrected chi connectivity index (χ0v) is 21.5. The minimum absolute atomic E-state index is 0.0597. The quantitative estimate of drug-likeness (QED) is 0.375. The van der Waals surface area contributed by atoms with Gasteiger partial charge in [-0.1, -0.05) is 54.1 Å². The highest BCUT2D eigenvalue weighted by Crippen LogP contribution is 2.39. The summed E-state index contributed by atoms with van der Waals surface area (Å²) in [5, 5.41) is 13.6. The van der Waals surface area contributed by atoms with Gasteiger partial charge in [0.25, 0.3) is 0 Å². The Bertz CT molecular complexity index is 1410. The predicted molar refractivity (Wildman–Crippen MR) is 141 cm³/mol. The van der Waals surface area contributed by atoms with Crippen molar-refractivity contribution in [1.29, 1.82) is 0 Å². The maximum atomic E-state index is 13.0. The molecule has 3 heterocycles. The van der Waals surface area contributed by atoms with Crippen LogP contribution in [0.4, 0.5) is 0 Å². The number of nitrogens with one attached hydrogen (secondary N) is 1. The number of aromatic nitrogens is 3. The summed E-state index contributed by atoms with van der Waals surface area (Å²) in [7, 11) is 0. The lowest BCUT2D eigenvalue weighted by Crippen LogP contribution is -2.27. The third kappa shape index (κ3) is 4.66. The van der Waals surface area contributed by atoms with Crippen molar-refractivity contribution in [3.63, 3.8) is 0 Å². The molecule has 1 aliphatic rings. The molecule has 178 valence electrons. The molecule has 0 radical (unpaired) electrons. The molecule has 1 aliphatic heterocycles. The minimum atomic E-state index is -0.460. The van der Waals surface area contributed by atoms with Gasteiger partial charge in [0.2, 0.25) is 5.91 Å². The number of aryl methyl sites for hydroxylation is 2. The molecule has 0 fully saturated rings. The van der Waals surface area contributed by atoms with Gasteiger partial charge in [-0.2, -0.15) is 0 Å². The van der Waals surface area contributed by atoms with E-state index in [2.05, 4.69) is 46.1 Å². The predicted octanol–water partition coefficient (Wildman–Crippen LogP) is 5.55. The molecule has 35 heavy (non-hydrogen) atoms. The van der Waals surface area contributed by atoms with Crippen molar-refractivity contribution in [2.24, 2.45) is 4.99 Å². The number of rotatable bonds is 6. The largest absolute Gasteiger partial charge is 0.356 e. The van der Waals surface area contributed by atoms with Crippen LogP contribution in [0.5, 0.6) is 0 Å². The summed E-state index contributed by atoms with van der Waals surface area (Å²) < 4.78 is 2.06. The fourth-order valence-electron chi connectivity index (χ4n) is 4.37. The first-order valence-electron chi connectivity index (χ1n) is 11.6. The van der Waals surface area contributed by atoms with Gasteiger partial charge in [0.15, 0.2) is 5.82 Å². The summed E-state index contributed by atoms with van der Waals surface area (Å²) in [6, 6.07) is 17.4. The number of hydrogen-bond acceptors (Lipinski definition) is 5. The van der Waals surface area contributed by atoms with Crippen LogP contribution in [0, 0.1) is 20.8 Å². The van der Waals surface area contributed by atoms with Crippen LogP contribution in [0.15, 0.2) is 59.6 Å². The smallest absolute Gasteiger partial charge is 0.222 e. The normalized spacial score (nSPS) is 14.6. The molecule has 0 unspecified atom stereocenters. The first-order valence-corrected chi connectivity index (χ1v) is 12.8. The van der Waals surface area contributed by atoms with Crippen LogP contribution in [-0.2, 0) is 11.2 Å². The SMILES string of the molecule is Cc1sc2c(c1C)C(c1ccc(Cl)cc1)=N[C@@H](CC(=O)NCCc1ccccc1)c1nnc(C)n1-2. The Balaban J connectivity index is 1.50. The topological polar surface area (TPSA) is 72.2 Å². The van der Waals surface area contributed by atoms with Gasteiger partial charge in [-0.05, 0) is 50.5 Å². The summed E-state index contributed by atoms with van der Waals surface area (Å²) in [5.74, 6) is 1.41. The van der Waals surface area contributed by atoms with E-state index in [9.17, 15) is 4.79 Å². The van der Waals surface area contributed by atoms with Crippen molar-refractivity contribution in [3.8, 4) is 5.00 Å². The zero-order chi connectivity index (χ0) is 24.5. The van der Waals surface area contributed by atoms with Crippen molar-refractivity contribution in [1.82, 2.24) is 20.1 Å². The minimum Gasteiger partial charge on any atom is -0.356 e. The van der Waals surface area contributed by atoms with Gasteiger partial charge in [-0.3, -0.25) is 14.4 Å². The van der Waals surface area contributed by atoms with Gasteiger partial charge in [0, 0.05) is 27.6 Å². The molecule has 5 rings (SSSR count). The van der Waals surface area contributed by atoms with Crippen molar-refractivity contribution in [2.45, 2.75) is 39.7 Å². The van der Waals surface area contributed by atoms with Gasteiger partial charge in [-0.25, -0.2) is 0 Å². The second-order valence-corrected chi connectivity index (χ2v) is 10.3. The lowest BCUT2D eigenvalue weighted by atomic mass is 9.99. The molecule has 2 aromatic heterocycles. The average Bonchev–Trinajstić information content (AvgIpc) is 3.32. The van der Waals surface area contributed by atoms with Crippen LogP contribution in [0.3, 0.4) is 0 Å². The molecule has 0 spiro atoms. The lowest BCUT2D eigenvalue weighted by molar-refractivity contribution is -0.121. The molecule has 1 amide bonds. The highest BCUT2D eigenvalue weighted by atomic mass is 35.5. The van der Waals surface area contributed by atoms with E-state index in [-0.39, 0.29) is 12.3 Å². The molecule has 1 atom stereocenters. The highest BCUT2D eigenvalue weighted by molar-refractivity contribution is 7.15. The third-order valence-electron chi connectivity index (χ3n) is 6.31. The summed E-state index contributed by atoms with van der Waals surface area (Å²) >= 11 is 7.87. The van der Waals surface area contributed by atoms with Gasteiger partial charge in [0.1, 0.15) is 16.9 Å². The van der Waals surface area contributed by atoms with Crippen molar-refractivity contribution in [3.05, 3.63) is 98.4 Å². The summed E-state index contributed by atoms with van der Waals surface area (Å²) in [6.07, 6.45) is 0.971. The Hall–Kier alpha value is -3.29. The standard InChI is InChI=1S/C27H26ClN5OS/c1-16-17(2)35-27-24(16)25(20-9-11-21(28)12-10-20)30-22(26-32-31-18(3)33(26)27)15-23(34)29-14-13-19-7-5-4-6-8-19/h4-12,22H,13-15H2,1-3H3,(H,29,34)/t22-/m0/s1. The number of hydrogen-bond donors (Lipinski definition) is 1. The molecule has 0 saturated heterocycles. The Labute approximate surface area is 213 Å². The molecule has 2 aromatic carbocycles. The van der Waals surface area contributed by atoms with E-state index in [0.717, 1.165) is 34.1 Å². The van der Waals surface area contributed by atoms with E-state index in [4.69, 9.17) is 16.6 Å². The molecule has 4 aromatic rings. The number of amides is 1. The molecular formula is C27H26ClN5OS. The molecule has 6 nitrogen and oxygen atoms in total. The molecule has 0 aliphatic carbocycles. The molecule has 0 bridgehead atoms. The maximum Gasteiger partial charge on any atom is 0.222 e. The van der Waals surface area contributed by atoms with E-state index in [1.807, 2.05) is 49.4 Å². The van der Waals surface area contributed by atoms with Crippen molar-refractivity contribution >= 4 is 34.6 Å². The van der Waals surface area contributed by atoms with Crippen LogP contribution in [0.2, 0.25) is 5.02 Å². The number of halogens is 1. The van der Waals surface area contributed by atoms with E-state index >= 15 is 0 Å². The second-order valence-electron chi connectivity index (χ2n) is 8.69. The van der Waals surface area contributed by atoms with Gasteiger partial charge in [-0.15, -0.1) is 21.5 Å². The van der Waals surface area contributed by atoms with Gasteiger partial charge >= 0.3 is 0 Å². The highest BCUT2D eigenvalue weighted by Gasteiger charge is 2.32. The third-order valence-corrected chi connectivity index (χ3v) is 7.76. The zero-order valence-electron chi connectivity index (χ0n) is 19.9. The summed E-state index contributed by atoms with van der Waals surface area (Å²) in [5.41, 5.74) is 5.24. The molecule has 0 saturated carbocycles. The number of benzene rings is 2.